The molecule has 0 aliphatic heterocycles. The number of carbonyl (C=O) groups is 1. The first-order valence-electron chi connectivity index (χ1n) is 8.27. The topological polar surface area (TPSA) is 110 Å². The van der Waals surface area contributed by atoms with E-state index in [-0.39, 0.29) is 17.9 Å². The predicted molar refractivity (Wildman–Crippen MR) is 108 cm³/mol. The molecule has 1 N–H and O–H groups in total. The smallest absolute Gasteiger partial charge is 0.271 e. The number of halogens is 1. The van der Waals surface area contributed by atoms with Crippen molar-refractivity contribution in [3.63, 3.8) is 0 Å². The summed E-state index contributed by atoms with van der Waals surface area (Å²) in [6.07, 6.45) is 0.953. The quantitative estimate of drug-likeness (QED) is 0.541. The number of hydrogen-bond acceptors (Lipinski definition) is 5. The van der Waals surface area contributed by atoms with Gasteiger partial charge in [-0.1, -0.05) is 29.8 Å². The molecule has 0 bridgehead atoms. The summed E-state index contributed by atoms with van der Waals surface area (Å²) in [6.45, 7) is 3.23. The van der Waals surface area contributed by atoms with Gasteiger partial charge in [0.2, 0.25) is 15.9 Å². The third kappa shape index (κ3) is 5.20. The highest BCUT2D eigenvalue weighted by atomic mass is 35.5. The minimum absolute atomic E-state index is 0.0887. The highest BCUT2D eigenvalue weighted by Crippen LogP contribution is 2.29. The van der Waals surface area contributed by atoms with Gasteiger partial charge in [0.25, 0.3) is 5.69 Å². The van der Waals surface area contributed by atoms with Gasteiger partial charge in [-0.15, -0.1) is 0 Å². The number of nitro groups is 1. The largest absolute Gasteiger partial charge is 0.350 e. The van der Waals surface area contributed by atoms with E-state index in [9.17, 15) is 23.3 Å². The summed E-state index contributed by atoms with van der Waals surface area (Å²) in [6, 6.07) is 9.62. The van der Waals surface area contributed by atoms with E-state index < -0.39 is 26.9 Å². The molecule has 0 unspecified atom stereocenters. The van der Waals surface area contributed by atoms with Crippen molar-refractivity contribution in [2.75, 3.05) is 10.6 Å². The molecule has 1 atom stereocenters. The molecule has 2 aromatic carbocycles. The van der Waals surface area contributed by atoms with Crippen molar-refractivity contribution in [1.82, 2.24) is 5.32 Å². The Kier molecular flexibility index (Phi) is 6.63. The lowest BCUT2D eigenvalue weighted by atomic mass is 10.1. The van der Waals surface area contributed by atoms with E-state index in [4.69, 9.17) is 11.6 Å². The van der Waals surface area contributed by atoms with E-state index in [0.717, 1.165) is 22.2 Å². The van der Waals surface area contributed by atoms with Crippen LogP contribution in [-0.2, 0) is 21.4 Å². The fourth-order valence-corrected chi connectivity index (χ4v) is 4.02. The van der Waals surface area contributed by atoms with Crippen LogP contribution < -0.4 is 9.62 Å². The van der Waals surface area contributed by atoms with Crippen LogP contribution in [0.15, 0.2) is 42.5 Å². The van der Waals surface area contributed by atoms with Crippen LogP contribution in [0.5, 0.6) is 0 Å². The Morgan fingerprint density at radius 1 is 1.25 bits per heavy atom. The summed E-state index contributed by atoms with van der Waals surface area (Å²) in [5, 5.41) is 14.3. The van der Waals surface area contributed by atoms with Crippen LogP contribution in [-0.4, -0.2) is 31.5 Å². The minimum atomic E-state index is -3.88. The van der Waals surface area contributed by atoms with Crippen LogP contribution >= 0.6 is 11.6 Å². The summed E-state index contributed by atoms with van der Waals surface area (Å²) in [5.74, 6) is -0.536. The molecule has 0 aromatic heterocycles. The van der Waals surface area contributed by atoms with E-state index >= 15 is 0 Å². The molecule has 0 heterocycles. The number of hydrogen-bond donors (Lipinski definition) is 1. The number of amides is 1. The van der Waals surface area contributed by atoms with Gasteiger partial charge in [-0.05, 0) is 37.1 Å². The zero-order valence-electron chi connectivity index (χ0n) is 15.5. The molecule has 2 aromatic rings. The molecule has 0 saturated carbocycles. The van der Waals surface area contributed by atoms with Crippen molar-refractivity contribution >= 4 is 38.9 Å². The standard InChI is InChI=1S/C18H20ClN3O5S/c1-12-4-9-16(22(24)25)10-17(12)21(28(3,26)27)13(2)18(23)20-11-14-5-7-15(19)8-6-14/h4-10,13H,11H2,1-3H3,(H,20,23)/t13-/m1/s1. The highest BCUT2D eigenvalue weighted by molar-refractivity contribution is 7.92. The fourth-order valence-electron chi connectivity index (χ4n) is 2.67. The average molecular weight is 426 g/mol. The number of rotatable bonds is 7. The lowest BCUT2D eigenvalue weighted by Gasteiger charge is -2.29. The Labute approximate surface area is 168 Å². The van der Waals surface area contributed by atoms with Gasteiger partial charge in [-0.25, -0.2) is 8.42 Å². The number of aryl methyl sites for hydroxylation is 1. The van der Waals surface area contributed by atoms with Gasteiger partial charge in [0.15, 0.2) is 0 Å². The van der Waals surface area contributed by atoms with Gasteiger partial charge in [0, 0.05) is 23.7 Å². The Morgan fingerprint density at radius 3 is 2.39 bits per heavy atom. The number of non-ortho nitro benzene ring substituents is 1. The molecule has 0 aliphatic rings. The second kappa shape index (κ2) is 8.57. The van der Waals surface area contributed by atoms with E-state index in [1.807, 2.05) is 0 Å². The summed E-state index contributed by atoms with van der Waals surface area (Å²) in [7, 11) is -3.88. The zero-order valence-corrected chi connectivity index (χ0v) is 17.1. The molecular weight excluding hydrogens is 406 g/mol. The number of sulfonamides is 1. The van der Waals surface area contributed by atoms with Crippen molar-refractivity contribution in [3.8, 4) is 0 Å². The van der Waals surface area contributed by atoms with Crippen LogP contribution in [0.4, 0.5) is 11.4 Å². The molecule has 2 rings (SSSR count). The second-order valence-corrected chi connectivity index (χ2v) is 8.60. The van der Waals surface area contributed by atoms with Crippen LogP contribution in [0, 0.1) is 17.0 Å². The molecule has 10 heteroatoms. The Bertz CT molecular complexity index is 993. The maximum absolute atomic E-state index is 12.6. The third-order valence-electron chi connectivity index (χ3n) is 4.11. The second-order valence-electron chi connectivity index (χ2n) is 6.31. The lowest BCUT2D eigenvalue weighted by molar-refractivity contribution is -0.384. The van der Waals surface area contributed by atoms with E-state index in [2.05, 4.69) is 5.32 Å². The van der Waals surface area contributed by atoms with Crippen molar-refractivity contribution < 1.29 is 18.1 Å². The number of nitrogens with one attached hydrogen (secondary N) is 1. The van der Waals surface area contributed by atoms with Crippen LogP contribution in [0.1, 0.15) is 18.1 Å². The van der Waals surface area contributed by atoms with Crippen LogP contribution in [0.2, 0.25) is 5.02 Å². The predicted octanol–water partition coefficient (Wildman–Crippen LogP) is 3.03. The maximum atomic E-state index is 12.6. The van der Waals surface area contributed by atoms with Crippen LogP contribution in [0.3, 0.4) is 0 Å². The Balaban J connectivity index is 2.30. The summed E-state index contributed by atoms with van der Waals surface area (Å²) >= 11 is 5.83. The normalized spacial score (nSPS) is 12.3. The molecule has 0 aliphatic carbocycles. The first kappa shape index (κ1) is 21.6. The third-order valence-corrected chi connectivity index (χ3v) is 5.59. The number of nitrogens with zero attached hydrogens (tertiary/aromatic N) is 2. The van der Waals surface area contributed by atoms with Crippen molar-refractivity contribution in [2.24, 2.45) is 0 Å². The molecule has 28 heavy (non-hydrogen) atoms. The molecule has 8 nitrogen and oxygen atoms in total. The van der Waals surface area contributed by atoms with Gasteiger partial charge in [-0.2, -0.15) is 0 Å². The van der Waals surface area contributed by atoms with E-state index in [1.165, 1.54) is 19.1 Å². The monoisotopic (exact) mass is 425 g/mol. The lowest BCUT2D eigenvalue weighted by Crippen LogP contribution is -2.48. The van der Waals surface area contributed by atoms with Crippen LogP contribution in [0.25, 0.3) is 0 Å². The number of nitro benzene ring substituents is 1. The molecule has 0 fully saturated rings. The SMILES string of the molecule is Cc1ccc([N+](=O)[O-])cc1N([C@H](C)C(=O)NCc1ccc(Cl)cc1)S(C)(=O)=O. The summed E-state index contributed by atoms with van der Waals surface area (Å²) in [4.78, 5) is 23.1. The highest BCUT2D eigenvalue weighted by Gasteiger charge is 2.31. The molecule has 0 radical (unpaired) electrons. The van der Waals surface area contributed by atoms with Gasteiger partial charge in [-0.3, -0.25) is 19.2 Å². The number of benzene rings is 2. The fraction of sp³-hybridized carbons (Fsp3) is 0.278. The molecule has 1 amide bonds. The Hall–Kier alpha value is -2.65. The molecule has 150 valence electrons. The van der Waals surface area contributed by atoms with Crippen molar-refractivity contribution in [1.29, 1.82) is 0 Å². The maximum Gasteiger partial charge on any atom is 0.271 e. The number of carbonyl (C=O) groups excluding carboxylic acids is 1. The first-order valence-corrected chi connectivity index (χ1v) is 10.5. The zero-order chi connectivity index (χ0) is 21.1. The van der Waals surface area contributed by atoms with Gasteiger partial charge >= 0.3 is 0 Å². The van der Waals surface area contributed by atoms with E-state index in [0.29, 0.717) is 10.6 Å². The summed E-state index contributed by atoms with van der Waals surface area (Å²) < 4.78 is 25.7. The molecule has 0 spiro atoms. The van der Waals surface area contributed by atoms with Gasteiger partial charge in [0.1, 0.15) is 6.04 Å². The van der Waals surface area contributed by atoms with Gasteiger partial charge in [0.05, 0.1) is 16.9 Å². The van der Waals surface area contributed by atoms with Gasteiger partial charge < -0.3 is 5.32 Å². The minimum Gasteiger partial charge on any atom is -0.350 e. The van der Waals surface area contributed by atoms with Crippen molar-refractivity contribution in [3.05, 3.63) is 68.7 Å². The average Bonchev–Trinajstić information content (AvgIpc) is 2.61. The number of anilines is 1. The molecular formula is C18H20ClN3O5S. The van der Waals surface area contributed by atoms with Crippen molar-refractivity contribution in [2.45, 2.75) is 26.4 Å². The first-order chi connectivity index (χ1) is 13.0. The molecule has 0 saturated heterocycles. The van der Waals surface area contributed by atoms with E-state index in [1.54, 1.807) is 31.2 Å². The Morgan fingerprint density at radius 2 is 1.86 bits per heavy atom. The summed E-state index contributed by atoms with van der Waals surface area (Å²) in [5.41, 5.74) is 1.12.